The molecule has 88 valence electrons. The Balaban J connectivity index is 2.48. The predicted octanol–water partition coefficient (Wildman–Crippen LogP) is 1.83. The summed E-state index contributed by atoms with van der Waals surface area (Å²) in [5.41, 5.74) is 1.03. The van der Waals surface area contributed by atoms with E-state index in [1.807, 2.05) is 6.07 Å². The highest BCUT2D eigenvalue weighted by Gasteiger charge is 2.15. The van der Waals surface area contributed by atoms with Crippen molar-refractivity contribution in [3.05, 3.63) is 30.1 Å². The molecule has 17 heavy (non-hydrogen) atoms. The van der Waals surface area contributed by atoms with Gasteiger partial charge in [-0.2, -0.15) is 0 Å². The first-order chi connectivity index (χ1) is 8.11. The van der Waals surface area contributed by atoms with E-state index in [1.54, 1.807) is 32.4 Å². The topological polar surface area (TPSA) is 72.3 Å². The molecule has 5 heteroatoms. The second-order valence-electron chi connectivity index (χ2n) is 3.72. The van der Waals surface area contributed by atoms with Gasteiger partial charge in [-0.1, -0.05) is 0 Å². The number of carboxylic acid groups (broad SMARTS) is 1. The van der Waals surface area contributed by atoms with Crippen LogP contribution in [0.15, 0.2) is 24.4 Å². The number of fused-ring (bicyclic) bond motifs is 1. The predicted molar refractivity (Wildman–Crippen MR) is 62.1 cm³/mol. The summed E-state index contributed by atoms with van der Waals surface area (Å²) in [6, 6.07) is 5.30. The van der Waals surface area contributed by atoms with Crippen LogP contribution in [0.4, 0.5) is 0 Å². The fraction of sp³-hybridized carbons (Fsp3) is 0.250. The molecule has 0 fully saturated rings. The van der Waals surface area contributed by atoms with Gasteiger partial charge in [-0.15, -0.1) is 0 Å². The number of rotatable bonds is 3. The lowest BCUT2D eigenvalue weighted by Crippen LogP contribution is -2.09. The molecule has 0 aliphatic rings. The summed E-state index contributed by atoms with van der Waals surface area (Å²) in [7, 11) is 1.57. The third-order valence-corrected chi connectivity index (χ3v) is 2.59. The molecule has 0 unspecified atom stereocenters. The monoisotopic (exact) mass is 232 g/mol. The van der Waals surface area contributed by atoms with Crippen LogP contribution in [0.1, 0.15) is 18.5 Å². The van der Waals surface area contributed by atoms with Crippen molar-refractivity contribution in [2.24, 2.45) is 0 Å². The maximum absolute atomic E-state index is 10.9. The summed E-state index contributed by atoms with van der Waals surface area (Å²) < 4.78 is 5.05. The summed E-state index contributed by atoms with van der Waals surface area (Å²) in [5, 5.41) is 9.73. The SMILES string of the molecule is COc1cnc2nc([C@H](C)C(=O)O)ccc2c1. The highest BCUT2D eigenvalue weighted by atomic mass is 16.5. The molecule has 0 saturated heterocycles. The molecule has 2 rings (SSSR count). The summed E-state index contributed by atoms with van der Waals surface area (Å²) in [6.07, 6.45) is 1.56. The Morgan fingerprint density at radius 1 is 1.47 bits per heavy atom. The number of carboxylic acids is 1. The molecule has 0 aliphatic heterocycles. The fourth-order valence-electron chi connectivity index (χ4n) is 1.48. The maximum Gasteiger partial charge on any atom is 0.312 e. The van der Waals surface area contributed by atoms with Gasteiger partial charge in [0.15, 0.2) is 5.65 Å². The zero-order valence-corrected chi connectivity index (χ0v) is 9.54. The number of aromatic nitrogens is 2. The van der Waals surface area contributed by atoms with Crippen molar-refractivity contribution >= 4 is 17.0 Å². The van der Waals surface area contributed by atoms with Crippen molar-refractivity contribution in [1.82, 2.24) is 9.97 Å². The van der Waals surface area contributed by atoms with Crippen molar-refractivity contribution in [1.29, 1.82) is 0 Å². The Labute approximate surface area is 98.1 Å². The molecule has 2 heterocycles. The van der Waals surface area contributed by atoms with E-state index in [4.69, 9.17) is 9.84 Å². The van der Waals surface area contributed by atoms with Gasteiger partial charge in [0.25, 0.3) is 0 Å². The second-order valence-corrected chi connectivity index (χ2v) is 3.72. The molecular weight excluding hydrogens is 220 g/mol. The molecule has 0 bridgehead atoms. The van der Waals surface area contributed by atoms with Crippen molar-refractivity contribution in [3.63, 3.8) is 0 Å². The van der Waals surface area contributed by atoms with Crippen LogP contribution >= 0.6 is 0 Å². The lowest BCUT2D eigenvalue weighted by molar-refractivity contribution is -0.138. The largest absolute Gasteiger partial charge is 0.495 e. The molecule has 0 spiro atoms. The minimum absolute atomic E-state index is 0.502. The van der Waals surface area contributed by atoms with E-state index in [2.05, 4.69) is 9.97 Å². The summed E-state index contributed by atoms with van der Waals surface area (Å²) >= 11 is 0. The number of methoxy groups -OCH3 is 1. The van der Waals surface area contributed by atoms with Crippen molar-refractivity contribution in [2.75, 3.05) is 7.11 Å². The Morgan fingerprint density at radius 3 is 2.88 bits per heavy atom. The van der Waals surface area contributed by atoms with E-state index in [0.29, 0.717) is 17.1 Å². The number of aliphatic carboxylic acids is 1. The highest BCUT2D eigenvalue weighted by Crippen LogP contribution is 2.20. The Kier molecular flexibility index (Phi) is 2.91. The maximum atomic E-state index is 10.9. The van der Waals surface area contributed by atoms with Crippen molar-refractivity contribution < 1.29 is 14.6 Å². The molecule has 0 amide bonds. The van der Waals surface area contributed by atoms with Gasteiger partial charge >= 0.3 is 5.97 Å². The van der Waals surface area contributed by atoms with Crippen LogP contribution in [-0.2, 0) is 4.79 Å². The summed E-state index contributed by atoms with van der Waals surface area (Å²) in [4.78, 5) is 19.2. The van der Waals surface area contributed by atoms with Gasteiger partial charge in [0.2, 0.25) is 0 Å². The van der Waals surface area contributed by atoms with E-state index in [0.717, 1.165) is 5.39 Å². The van der Waals surface area contributed by atoms with Crippen LogP contribution in [0.2, 0.25) is 0 Å². The van der Waals surface area contributed by atoms with Crippen LogP contribution < -0.4 is 4.74 Å². The molecule has 0 aliphatic carbocycles. The molecule has 2 aromatic rings. The molecule has 1 atom stereocenters. The highest BCUT2D eigenvalue weighted by molar-refractivity contribution is 5.79. The van der Waals surface area contributed by atoms with Gasteiger partial charge in [-0.25, -0.2) is 9.97 Å². The number of pyridine rings is 2. The van der Waals surface area contributed by atoms with Crippen LogP contribution in [0.5, 0.6) is 5.75 Å². The molecule has 0 saturated carbocycles. The van der Waals surface area contributed by atoms with E-state index in [9.17, 15) is 4.79 Å². The average molecular weight is 232 g/mol. The molecule has 5 nitrogen and oxygen atoms in total. The normalized spacial score (nSPS) is 12.4. The first-order valence-corrected chi connectivity index (χ1v) is 5.15. The van der Waals surface area contributed by atoms with Crippen molar-refractivity contribution in [2.45, 2.75) is 12.8 Å². The second kappa shape index (κ2) is 4.37. The van der Waals surface area contributed by atoms with E-state index < -0.39 is 11.9 Å². The fourth-order valence-corrected chi connectivity index (χ4v) is 1.48. The minimum Gasteiger partial charge on any atom is -0.495 e. The third-order valence-electron chi connectivity index (χ3n) is 2.59. The van der Waals surface area contributed by atoms with Gasteiger partial charge in [0.1, 0.15) is 5.75 Å². The molecule has 0 aromatic carbocycles. The van der Waals surface area contributed by atoms with Crippen LogP contribution in [0, 0.1) is 0 Å². The Morgan fingerprint density at radius 2 is 2.24 bits per heavy atom. The van der Waals surface area contributed by atoms with Crippen LogP contribution in [0.25, 0.3) is 11.0 Å². The zero-order valence-electron chi connectivity index (χ0n) is 9.54. The van der Waals surface area contributed by atoms with Crippen molar-refractivity contribution in [3.8, 4) is 5.75 Å². The van der Waals surface area contributed by atoms with Gasteiger partial charge in [-0.05, 0) is 25.1 Å². The quantitative estimate of drug-likeness (QED) is 0.873. The standard InChI is InChI=1S/C12H12N2O3/c1-7(12(15)16)10-4-3-8-5-9(17-2)6-13-11(8)14-10/h3-7H,1-2H3,(H,15,16)/t7-/m0/s1. The molecular formula is C12H12N2O3. The summed E-state index contributed by atoms with van der Waals surface area (Å²) in [5.74, 6) is -0.882. The smallest absolute Gasteiger partial charge is 0.312 e. The van der Waals surface area contributed by atoms with E-state index >= 15 is 0 Å². The number of carbonyl (C=O) groups is 1. The number of nitrogens with zero attached hydrogens (tertiary/aromatic N) is 2. The number of ether oxygens (including phenoxy) is 1. The Bertz CT molecular complexity index is 569. The first kappa shape index (κ1) is 11.3. The summed E-state index contributed by atoms with van der Waals surface area (Å²) in [6.45, 7) is 1.60. The average Bonchev–Trinajstić information content (AvgIpc) is 2.36. The molecule has 2 aromatic heterocycles. The minimum atomic E-state index is -0.898. The van der Waals surface area contributed by atoms with Crippen LogP contribution in [0.3, 0.4) is 0 Å². The van der Waals surface area contributed by atoms with E-state index in [1.165, 1.54) is 0 Å². The number of hydrogen-bond donors (Lipinski definition) is 1. The van der Waals surface area contributed by atoms with Gasteiger partial charge in [0, 0.05) is 5.39 Å². The van der Waals surface area contributed by atoms with E-state index in [-0.39, 0.29) is 0 Å². The van der Waals surface area contributed by atoms with Gasteiger partial charge < -0.3 is 9.84 Å². The Hall–Kier alpha value is -2.17. The van der Waals surface area contributed by atoms with Gasteiger partial charge in [-0.3, -0.25) is 4.79 Å². The lowest BCUT2D eigenvalue weighted by Gasteiger charge is -2.07. The third kappa shape index (κ3) is 2.18. The molecule has 1 N–H and O–H groups in total. The number of hydrogen-bond acceptors (Lipinski definition) is 4. The van der Waals surface area contributed by atoms with Gasteiger partial charge in [0.05, 0.1) is 24.9 Å². The van der Waals surface area contributed by atoms with Crippen LogP contribution in [-0.4, -0.2) is 28.2 Å². The first-order valence-electron chi connectivity index (χ1n) is 5.15. The zero-order chi connectivity index (χ0) is 12.4. The lowest BCUT2D eigenvalue weighted by atomic mass is 10.1. The molecule has 0 radical (unpaired) electrons.